The summed E-state index contributed by atoms with van der Waals surface area (Å²) in [5, 5.41) is 1.69. The third-order valence-corrected chi connectivity index (χ3v) is 6.78. The number of hydrogen-bond donors (Lipinski definition) is 1. The molecule has 2 aromatic heterocycles. The SMILES string of the molecule is C[C@H](N[S+]([O-])C(C)(C)C)c1cc2cc(Cl)c(OCCc3ccccn3)cc2nc1Cl. The van der Waals surface area contributed by atoms with Crippen molar-refractivity contribution in [1.82, 2.24) is 14.7 Å². The molecule has 1 unspecified atom stereocenters. The number of hydrogen-bond acceptors (Lipinski definition) is 5. The van der Waals surface area contributed by atoms with Gasteiger partial charge in [0, 0.05) is 46.7 Å². The van der Waals surface area contributed by atoms with Gasteiger partial charge in [-0.1, -0.05) is 29.3 Å². The molecule has 0 saturated heterocycles. The number of nitrogens with zero attached hydrogens (tertiary/aromatic N) is 2. The van der Waals surface area contributed by atoms with Crippen LogP contribution in [-0.2, 0) is 17.8 Å². The number of rotatable bonds is 7. The second kappa shape index (κ2) is 9.71. The monoisotopic (exact) mass is 465 g/mol. The maximum atomic E-state index is 12.4. The molecule has 0 aliphatic rings. The summed E-state index contributed by atoms with van der Waals surface area (Å²) in [4.78, 5) is 8.79. The number of nitrogens with one attached hydrogen (secondary N) is 1. The molecule has 0 aliphatic carbocycles. The van der Waals surface area contributed by atoms with Gasteiger partial charge in [-0.3, -0.25) is 4.98 Å². The van der Waals surface area contributed by atoms with Crippen LogP contribution in [0.2, 0.25) is 10.2 Å². The molecule has 0 saturated carbocycles. The van der Waals surface area contributed by atoms with Crippen LogP contribution < -0.4 is 9.46 Å². The molecule has 0 aliphatic heterocycles. The van der Waals surface area contributed by atoms with Crippen LogP contribution in [-0.4, -0.2) is 25.9 Å². The highest BCUT2D eigenvalue weighted by Gasteiger charge is 2.29. The Balaban J connectivity index is 1.77. The number of halogens is 2. The lowest BCUT2D eigenvalue weighted by molar-refractivity contribution is 0.321. The van der Waals surface area contributed by atoms with E-state index >= 15 is 0 Å². The highest BCUT2D eigenvalue weighted by Crippen LogP contribution is 2.33. The van der Waals surface area contributed by atoms with Gasteiger partial charge in [0.05, 0.1) is 23.2 Å². The fraction of sp³-hybridized carbons (Fsp3) is 0.364. The normalized spacial score (nSPS) is 14.0. The summed E-state index contributed by atoms with van der Waals surface area (Å²) in [6.45, 7) is 8.11. The number of fused-ring (bicyclic) bond motifs is 1. The van der Waals surface area contributed by atoms with Crippen molar-refractivity contribution in [3.05, 3.63) is 64.0 Å². The fourth-order valence-corrected chi connectivity index (χ4v) is 4.13. The molecule has 1 N–H and O–H groups in total. The van der Waals surface area contributed by atoms with E-state index in [4.69, 9.17) is 27.9 Å². The fourth-order valence-electron chi connectivity index (χ4n) is 2.79. The van der Waals surface area contributed by atoms with Crippen molar-refractivity contribution < 1.29 is 9.29 Å². The topological polar surface area (TPSA) is 70.1 Å². The molecule has 3 aromatic rings. The maximum Gasteiger partial charge on any atom is 0.140 e. The largest absolute Gasteiger partial charge is 0.598 e. The zero-order chi connectivity index (χ0) is 21.9. The lowest BCUT2D eigenvalue weighted by Crippen LogP contribution is -2.40. The highest BCUT2D eigenvalue weighted by atomic mass is 35.5. The van der Waals surface area contributed by atoms with E-state index in [1.165, 1.54) is 0 Å². The first-order valence-corrected chi connectivity index (χ1v) is 11.6. The van der Waals surface area contributed by atoms with Crippen LogP contribution in [0, 0.1) is 0 Å². The molecule has 30 heavy (non-hydrogen) atoms. The van der Waals surface area contributed by atoms with E-state index in [1.54, 1.807) is 12.3 Å². The molecule has 5 nitrogen and oxygen atoms in total. The number of ether oxygens (including phenoxy) is 1. The second-order valence-electron chi connectivity index (χ2n) is 7.98. The summed E-state index contributed by atoms with van der Waals surface area (Å²) in [6.07, 6.45) is 2.44. The summed E-state index contributed by atoms with van der Waals surface area (Å²) < 4.78 is 21.0. The molecular weight excluding hydrogens is 441 g/mol. The highest BCUT2D eigenvalue weighted by molar-refractivity contribution is 7.90. The number of benzene rings is 1. The van der Waals surface area contributed by atoms with Crippen molar-refractivity contribution in [2.45, 2.75) is 44.9 Å². The van der Waals surface area contributed by atoms with Crippen LogP contribution in [0.25, 0.3) is 10.9 Å². The molecule has 8 heteroatoms. The molecule has 0 fully saturated rings. The van der Waals surface area contributed by atoms with Gasteiger partial charge in [-0.05, 0) is 52.0 Å². The van der Waals surface area contributed by atoms with Gasteiger partial charge in [0.1, 0.15) is 15.6 Å². The lowest BCUT2D eigenvalue weighted by Gasteiger charge is -2.26. The average molecular weight is 466 g/mol. The quantitative estimate of drug-likeness (QED) is 0.359. The summed E-state index contributed by atoms with van der Waals surface area (Å²) in [5.41, 5.74) is 2.40. The van der Waals surface area contributed by atoms with Crippen LogP contribution in [0.1, 0.15) is 45.0 Å². The van der Waals surface area contributed by atoms with Gasteiger partial charge in [0.2, 0.25) is 0 Å². The van der Waals surface area contributed by atoms with Crippen LogP contribution >= 0.6 is 23.2 Å². The van der Waals surface area contributed by atoms with Gasteiger partial charge in [0.15, 0.2) is 0 Å². The van der Waals surface area contributed by atoms with Crippen molar-refractivity contribution in [3.8, 4) is 5.75 Å². The second-order valence-corrected chi connectivity index (χ2v) is 10.7. The molecule has 3 rings (SSSR count). The van der Waals surface area contributed by atoms with Crippen LogP contribution in [0.3, 0.4) is 0 Å². The van der Waals surface area contributed by atoms with Crippen LogP contribution in [0.5, 0.6) is 5.75 Å². The van der Waals surface area contributed by atoms with E-state index in [-0.39, 0.29) is 10.8 Å². The van der Waals surface area contributed by atoms with Crippen molar-refractivity contribution in [2.24, 2.45) is 0 Å². The van der Waals surface area contributed by atoms with Gasteiger partial charge in [-0.15, -0.1) is 4.72 Å². The molecule has 0 radical (unpaired) electrons. The van der Waals surface area contributed by atoms with E-state index in [9.17, 15) is 4.55 Å². The minimum absolute atomic E-state index is 0.234. The van der Waals surface area contributed by atoms with Gasteiger partial charge in [-0.25, -0.2) is 4.98 Å². The van der Waals surface area contributed by atoms with Gasteiger partial charge in [0.25, 0.3) is 0 Å². The molecule has 0 spiro atoms. The first-order chi connectivity index (χ1) is 14.1. The molecule has 0 amide bonds. The Bertz CT molecular complexity index is 1010. The first-order valence-electron chi connectivity index (χ1n) is 9.65. The Kier molecular flexibility index (Phi) is 7.47. The minimum atomic E-state index is -1.23. The lowest BCUT2D eigenvalue weighted by atomic mass is 10.1. The third kappa shape index (κ3) is 5.77. The van der Waals surface area contributed by atoms with E-state index in [1.807, 2.05) is 58.0 Å². The Hall–Kier alpha value is -1.57. The average Bonchev–Trinajstić information content (AvgIpc) is 2.68. The van der Waals surface area contributed by atoms with E-state index in [0.29, 0.717) is 34.5 Å². The van der Waals surface area contributed by atoms with Crippen LogP contribution in [0.15, 0.2) is 42.6 Å². The van der Waals surface area contributed by atoms with Crippen molar-refractivity contribution >= 4 is 45.5 Å². The van der Waals surface area contributed by atoms with E-state index < -0.39 is 11.4 Å². The van der Waals surface area contributed by atoms with Gasteiger partial charge >= 0.3 is 0 Å². The van der Waals surface area contributed by atoms with Crippen LogP contribution in [0.4, 0.5) is 0 Å². The third-order valence-electron chi connectivity index (χ3n) is 4.50. The first kappa shape index (κ1) is 23.1. The Morgan fingerprint density at radius 3 is 2.63 bits per heavy atom. The zero-order valence-corrected chi connectivity index (χ0v) is 19.7. The maximum absolute atomic E-state index is 12.4. The Labute approximate surface area is 190 Å². The predicted molar refractivity (Wildman–Crippen MR) is 125 cm³/mol. The van der Waals surface area contributed by atoms with Gasteiger partial charge < -0.3 is 9.29 Å². The molecule has 1 aromatic carbocycles. The smallest absolute Gasteiger partial charge is 0.140 e. The van der Waals surface area contributed by atoms with Crippen molar-refractivity contribution in [1.29, 1.82) is 0 Å². The van der Waals surface area contributed by atoms with Crippen molar-refractivity contribution in [3.63, 3.8) is 0 Å². The molecule has 2 heterocycles. The summed E-state index contributed by atoms with van der Waals surface area (Å²) in [5.74, 6) is 0.552. The summed E-state index contributed by atoms with van der Waals surface area (Å²) in [6, 6.07) is 11.1. The minimum Gasteiger partial charge on any atom is -0.598 e. The molecule has 2 atom stereocenters. The Morgan fingerprint density at radius 2 is 1.97 bits per heavy atom. The molecular formula is C22H25Cl2N3O2S. The summed E-state index contributed by atoms with van der Waals surface area (Å²) in [7, 11) is 0. The standard InChI is InChI=1S/C22H25Cl2N3O2S/c1-14(27-30(28)22(2,3)4)17-11-15-12-18(23)20(13-19(15)26-21(17)24)29-10-8-16-7-5-6-9-25-16/h5-7,9,11-14,27H,8,10H2,1-4H3/t14-,30?/m0/s1. The zero-order valence-electron chi connectivity index (χ0n) is 17.4. The summed E-state index contributed by atoms with van der Waals surface area (Å²) >= 11 is 11.7. The van der Waals surface area contributed by atoms with E-state index in [2.05, 4.69) is 14.7 Å². The number of pyridine rings is 2. The van der Waals surface area contributed by atoms with Gasteiger partial charge in [-0.2, -0.15) is 0 Å². The van der Waals surface area contributed by atoms with Crippen molar-refractivity contribution in [2.75, 3.05) is 6.61 Å². The number of aromatic nitrogens is 2. The predicted octanol–water partition coefficient (Wildman–Crippen LogP) is 5.67. The Morgan fingerprint density at radius 1 is 1.20 bits per heavy atom. The molecule has 0 bridgehead atoms. The van der Waals surface area contributed by atoms with E-state index in [0.717, 1.165) is 16.6 Å². The molecule has 160 valence electrons.